The van der Waals surface area contributed by atoms with Crippen molar-refractivity contribution < 1.29 is 0 Å². The molecule has 0 saturated heterocycles. The van der Waals surface area contributed by atoms with Gasteiger partial charge in [0.05, 0.1) is 10.5 Å². The third-order valence-corrected chi connectivity index (χ3v) is 2.84. The Morgan fingerprint density at radius 1 is 1.38 bits per heavy atom. The first-order valence-electron chi connectivity index (χ1n) is 4.91. The van der Waals surface area contributed by atoms with E-state index < -0.39 is 0 Å². The number of nitrogens with one attached hydrogen (secondary N) is 1. The van der Waals surface area contributed by atoms with Gasteiger partial charge in [-0.3, -0.25) is 10.4 Å². The fraction of sp³-hybridized carbons (Fsp3) is 0.167. The number of amidine groups is 1. The molecule has 0 atom stereocenters. The smallest absolute Gasteiger partial charge is 0.123 e. The van der Waals surface area contributed by atoms with Gasteiger partial charge >= 0.3 is 0 Å². The molecule has 3 nitrogen and oxygen atoms in total. The Kier molecular flexibility index (Phi) is 2.56. The molecule has 2 rings (SSSR count). The standard InChI is InChI=1S/C12H12ClN3/c1-6-3-4-9(13)10-8(12(14)15)5-7(2)16-11(6)10/h3-5H,1-2H3,(H3,14,15). The molecule has 0 amide bonds. The Bertz CT molecular complexity index is 590. The molecule has 0 aliphatic rings. The first-order valence-corrected chi connectivity index (χ1v) is 5.29. The molecule has 2 aromatic rings. The minimum atomic E-state index is 0.0167. The highest BCUT2D eigenvalue weighted by Crippen LogP contribution is 2.28. The van der Waals surface area contributed by atoms with E-state index in [1.54, 1.807) is 6.07 Å². The van der Waals surface area contributed by atoms with Crippen molar-refractivity contribution in [3.8, 4) is 0 Å². The lowest BCUT2D eigenvalue weighted by Crippen LogP contribution is -2.12. The van der Waals surface area contributed by atoms with Crippen LogP contribution in [0.15, 0.2) is 18.2 Å². The predicted octanol–water partition coefficient (Wildman–Crippen LogP) is 2.79. The molecule has 3 N–H and O–H groups in total. The second-order valence-corrected chi connectivity index (χ2v) is 4.22. The lowest BCUT2D eigenvalue weighted by molar-refractivity contribution is 1.23. The molecule has 82 valence electrons. The number of hydrogen-bond donors (Lipinski definition) is 2. The maximum atomic E-state index is 7.57. The molecule has 0 fully saturated rings. The van der Waals surface area contributed by atoms with E-state index in [0.717, 1.165) is 22.2 Å². The van der Waals surface area contributed by atoms with Gasteiger partial charge in [0.15, 0.2) is 0 Å². The van der Waals surface area contributed by atoms with Gasteiger partial charge in [-0.25, -0.2) is 0 Å². The lowest BCUT2D eigenvalue weighted by Gasteiger charge is -2.09. The fourth-order valence-electron chi connectivity index (χ4n) is 1.77. The molecular weight excluding hydrogens is 222 g/mol. The van der Waals surface area contributed by atoms with E-state index in [9.17, 15) is 0 Å². The van der Waals surface area contributed by atoms with Crippen LogP contribution >= 0.6 is 11.6 Å². The van der Waals surface area contributed by atoms with Gasteiger partial charge in [-0.2, -0.15) is 0 Å². The Labute approximate surface area is 98.8 Å². The van der Waals surface area contributed by atoms with E-state index in [1.807, 2.05) is 26.0 Å². The maximum absolute atomic E-state index is 7.57. The molecule has 0 saturated carbocycles. The van der Waals surface area contributed by atoms with Crippen LogP contribution in [0.2, 0.25) is 5.02 Å². The molecule has 0 bridgehead atoms. The quantitative estimate of drug-likeness (QED) is 0.588. The largest absolute Gasteiger partial charge is 0.384 e. The van der Waals surface area contributed by atoms with Gasteiger partial charge in [0, 0.05) is 16.6 Å². The van der Waals surface area contributed by atoms with Crippen LogP contribution in [0.1, 0.15) is 16.8 Å². The summed E-state index contributed by atoms with van der Waals surface area (Å²) in [6.45, 7) is 3.85. The number of pyridine rings is 1. The summed E-state index contributed by atoms with van der Waals surface area (Å²) in [6.07, 6.45) is 0. The van der Waals surface area contributed by atoms with Crippen LogP contribution in [0.5, 0.6) is 0 Å². The maximum Gasteiger partial charge on any atom is 0.123 e. The van der Waals surface area contributed by atoms with Crippen LogP contribution in [0.25, 0.3) is 10.9 Å². The molecule has 1 aromatic carbocycles. The second-order valence-electron chi connectivity index (χ2n) is 3.81. The Hall–Kier alpha value is -1.61. The summed E-state index contributed by atoms with van der Waals surface area (Å²) < 4.78 is 0. The van der Waals surface area contributed by atoms with Gasteiger partial charge in [0.2, 0.25) is 0 Å². The number of halogens is 1. The topological polar surface area (TPSA) is 62.8 Å². The van der Waals surface area contributed by atoms with Gasteiger partial charge in [-0.15, -0.1) is 0 Å². The summed E-state index contributed by atoms with van der Waals surface area (Å²) in [5.74, 6) is 0.0167. The van der Waals surface area contributed by atoms with E-state index in [4.69, 9.17) is 22.7 Å². The summed E-state index contributed by atoms with van der Waals surface area (Å²) in [5, 5.41) is 8.92. The summed E-state index contributed by atoms with van der Waals surface area (Å²) >= 11 is 6.14. The van der Waals surface area contributed by atoms with Crippen molar-refractivity contribution in [1.29, 1.82) is 5.41 Å². The molecule has 0 aliphatic carbocycles. The first kappa shape index (κ1) is 10.9. The number of nitrogens with zero attached hydrogens (tertiary/aromatic N) is 1. The molecule has 0 unspecified atom stereocenters. The highest BCUT2D eigenvalue weighted by atomic mass is 35.5. The van der Waals surface area contributed by atoms with E-state index in [2.05, 4.69) is 4.98 Å². The zero-order chi connectivity index (χ0) is 11.9. The van der Waals surface area contributed by atoms with Gasteiger partial charge in [0.1, 0.15) is 5.84 Å². The first-order chi connectivity index (χ1) is 7.50. The number of nitrogens with two attached hydrogens (primary N) is 1. The zero-order valence-electron chi connectivity index (χ0n) is 9.13. The Morgan fingerprint density at radius 3 is 2.69 bits per heavy atom. The minimum absolute atomic E-state index is 0.0167. The van der Waals surface area contributed by atoms with Crippen LogP contribution in [-0.2, 0) is 0 Å². The minimum Gasteiger partial charge on any atom is -0.384 e. The van der Waals surface area contributed by atoms with Crippen LogP contribution in [0.3, 0.4) is 0 Å². The number of rotatable bonds is 1. The summed E-state index contributed by atoms with van der Waals surface area (Å²) in [7, 11) is 0. The van der Waals surface area contributed by atoms with Crippen molar-refractivity contribution in [1.82, 2.24) is 4.98 Å². The Morgan fingerprint density at radius 2 is 2.06 bits per heavy atom. The highest BCUT2D eigenvalue weighted by Gasteiger charge is 2.11. The average molecular weight is 234 g/mol. The molecular formula is C12H12ClN3. The lowest BCUT2D eigenvalue weighted by atomic mass is 10.0. The van der Waals surface area contributed by atoms with E-state index in [1.165, 1.54) is 0 Å². The third kappa shape index (κ3) is 1.63. The summed E-state index contributed by atoms with van der Waals surface area (Å²) in [5.41, 5.74) is 8.90. The van der Waals surface area contributed by atoms with Crippen molar-refractivity contribution in [3.05, 3.63) is 40.0 Å². The molecule has 1 aromatic heterocycles. The fourth-order valence-corrected chi connectivity index (χ4v) is 2.03. The van der Waals surface area contributed by atoms with Gasteiger partial charge in [-0.05, 0) is 31.5 Å². The van der Waals surface area contributed by atoms with Crippen molar-refractivity contribution >= 4 is 28.3 Å². The molecule has 4 heteroatoms. The van der Waals surface area contributed by atoms with Crippen molar-refractivity contribution in [2.24, 2.45) is 5.73 Å². The molecule has 1 heterocycles. The number of fused-ring (bicyclic) bond motifs is 1. The normalized spacial score (nSPS) is 10.7. The monoisotopic (exact) mass is 233 g/mol. The van der Waals surface area contributed by atoms with Crippen LogP contribution in [0.4, 0.5) is 0 Å². The average Bonchev–Trinajstić information content (AvgIpc) is 2.22. The number of hydrogen-bond acceptors (Lipinski definition) is 2. The highest BCUT2D eigenvalue weighted by molar-refractivity contribution is 6.36. The SMILES string of the molecule is Cc1cc(C(=N)N)c2c(Cl)ccc(C)c2n1. The van der Waals surface area contributed by atoms with Gasteiger partial charge in [-0.1, -0.05) is 17.7 Å². The van der Waals surface area contributed by atoms with Crippen LogP contribution in [0, 0.1) is 19.3 Å². The number of benzene rings is 1. The van der Waals surface area contributed by atoms with E-state index in [-0.39, 0.29) is 5.84 Å². The number of aryl methyl sites for hydroxylation is 2. The van der Waals surface area contributed by atoms with E-state index in [0.29, 0.717) is 10.6 Å². The van der Waals surface area contributed by atoms with Crippen molar-refractivity contribution in [2.75, 3.05) is 0 Å². The van der Waals surface area contributed by atoms with E-state index >= 15 is 0 Å². The molecule has 0 aliphatic heterocycles. The second kappa shape index (κ2) is 3.76. The molecule has 0 radical (unpaired) electrons. The van der Waals surface area contributed by atoms with Gasteiger partial charge < -0.3 is 5.73 Å². The van der Waals surface area contributed by atoms with Crippen molar-refractivity contribution in [3.63, 3.8) is 0 Å². The van der Waals surface area contributed by atoms with Crippen molar-refractivity contribution in [2.45, 2.75) is 13.8 Å². The Balaban J connectivity index is 3.00. The van der Waals surface area contributed by atoms with Crippen LogP contribution in [-0.4, -0.2) is 10.8 Å². The third-order valence-electron chi connectivity index (χ3n) is 2.53. The van der Waals surface area contributed by atoms with Gasteiger partial charge in [0.25, 0.3) is 0 Å². The number of nitrogen functional groups attached to an aromatic ring is 1. The van der Waals surface area contributed by atoms with Crippen LogP contribution < -0.4 is 5.73 Å². The summed E-state index contributed by atoms with van der Waals surface area (Å²) in [6, 6.07) is 5.51. The predicted molar refractivity (Wildman–Crippen MR) is 67.2 cm³/mol. The zero-order valence-corrected chi connectivity index (χ0v) is 9.89. The molecule has 0 spiro atoms. The summed E-state index contributed by atoms with van der Waals surface area (Å²) in [4.78, 5) is 4.44. The molecule has 16 heavy (non-hydrogen) atoms. The number of aromatic nitrogens is 1.